The van der Waals surface area contributed by atoms with Crippen molar-refractivity contribution in [2.45, 2.75) is 26.4 Å². The van der Waals surface area contributed by atoms with E-state index in [-0.39, 0.29) is 6.10 Å². The quantitative estimate of drug-likeness (QED) is 0.930. The van der Waals surface area contributed by atoms with Crippen LogP contribution in [0, 0.1) is 6.92 Å². The maximum absolute atomic E-state index is 9.31. The average molecular weight is 295 g/mol. The Labute approximate surface area is 109 Å². The van der Waals surface area contributed by atoms with Crippen molar-refractivity contribution in [3.63, 3.8) is 0 Å². The van der Waals surface area contributed by atoms with Crippen molar-refractivity contribution in [2.75, 3.05) is 0 Å². The molecule has 1 unspecified atom stereocenters. The summed E-state index contributed by atoms with van der Waals surface area (Å²) in [6.07, 6.45) is 0.172. The molecule has 1 aromatic carbocycles. The van der Waals surface area contributed by atoms with Crippen molar-refractivity contribution in [1.82, 2.24) is 0 Å². The Morgan fingerprint density at radius 3 is 2.71 bits per heavy atom. The van der Waals surface area contributed by atoms with Gasteiger partial charge in [-0.2, -0.15) is 0 Å². The summed E-state index contributed by atoms with van der Waals surface area (Å²) in [4.78, 5) is 0. The second-order valence-corrected chi connectivity index (χ2v) is 5.25. The van der Waals surface area contributed by atoms with Gasteiger partial charge in [0.05, 0.1) is 6.10 Å². The first-order valence-electron chi connectivity index (χ1n) is 5.59. The minimum absolute atomic E-state index is 0.377. The molecule has 0 aliphatic carbocycles. The first-order chi connectivity index (χ1) is 8.04. The van der Waals surface area contributed by atoms with Gasteiger partial charge in [-0.25, -0.2) is 0 Å². The molecule has 17 heavy (non-hydrogen) atoms. The number of halogens is 1. The highest BCUT2D eigenvalue weighted by Gasteiger charge is 2.08. The number of aryl methyl sites for hydroxylation is 1. The van der Waals surface area contributed by atoms with Crippen LogP contribution in [0.3, 0.4) is 0 Å². The van der Waals surface area contributed by atoms with Gasteiger partial charge < -0.3 is 9.52 Å². The first-order valence-corrected chi connectivity index (χ1v) is 6.38. The van der Waals surface area contributed by atoms with E-state index in [0.29, 0.717) is 6.42 Å². The molecule has 1 heterocycles. The van der Waals surface area contributed by atoms with Crippen molar-refractivity contribution in [3.05, 3.63) is 46.1 Å². The molecule has 0 radical (unpaired) electrons. The van der Waals surface area contributed by atoms with E-state index in [0.717, 1.165) is 21.6 Å². The summed E-state index contributed by atoms with van der Waals surface area (Å²) in [6.45, 7) is 3.80. The summed E-state index contributed by atoms with van der Waals surface area (Å²) in [5.74, 6) is 1.65. The number of benzene rings is 1. The van der Waals surface area contributed by atoms with E-state index in [1.807, 2.05) is 25.1 Å². The Morgan fingerprint density at radius 2 is 2.06 bits per heavy atom. The molecular weight excluding hydrogens is 280 g/mol. The molecule has 0 amide bonds. The molecule has 1 atom stereocenters. The normalized spacial score (nSPS) is 12.7. The summed E-state index contributed by atoms with van der Waals surface area (Å²) in [5.41, 5.74) is 2.23. The molecule has 0 bridgehead atoms. The Bertz CT molecular complexity index is 494. The number of aliphatic hydroxyl groups excluding tert-OH is 1. The zero-order chi connectivity index (χ0) is 12.4. The lowest BCUT2D eigenvalue weighted by Gasteiger charge is -2.02. The van der Waals surface area contributed by atoms with E-state index in [9.17, 15) is 5.11 Å². The number of aliphatic hydroxyl groups is 1. The summed E-state index contributed by atoms with van der Waals surface area (Å²) in [5, 5.41) is 9.31. The van der Waals surface area contributed by atoms with Gasteiger partial charge in [0, 0.05) is 16.5 Å². The predicted octanol–water partition coefficient (Wildman–Crippen LogP) is 3.94. The molecule has 0 aliphatic heterocycles. The number of rotatable bonds is 3. The summed E-state index contributed by atoms with van der Waals surface area (Å²) < 4.78 is 6.75. The number of furan rings is 1. The van der Waals surface area contributed by atoms with Crippen molar-refractivity contribution in [3.8, 4) is 11.3 Å². The third kappa shape index (κ3) is 3.20. The highest BCUT2D eigenvalue weighted by Crippen LogP contribution is 2.27. The minimum Gasteiger partial charge on any atom is -0.461 e. The molecule has 0 aliphatic rings. The van der Waals surface area contributed by atoms with Gasteiger partial charge in [0.25, 0.3) is 0 Å². The third-order valence-electron chi connectivity index (χ3n) is 2.48. The van der Waals surface area contributed by atoms with Crippen LogP contribution in [-0.4, -0.2) is 11.2 Å². The number of hydrogen-bond donors (Lipinski definition) is 1. The zero-order valence-corrected chi connectivity index (χ0v) is 11.5. The monoisotopic (exact) mass is 294 g/mol. The van der Waals surface area contributed by atoms with Crippen LogP contribution in [0.25, 0.3) is 11.3 Å². The van der Waals surface area contributed by atoms with Gasteiger partial charge in [0.1, 0.15) is 11.5 Å². The standard InChI is InChI=1S/C14H15BrO2/c1-9-5-11(8-12(15)6-9)14-4-3-13(17-14)7-10(2)16/h3-6,8,10,16H,7H2,1-2H3. The third-order valence-corrected chi connectivity index (χ3v) is 2.94. The Balaban J connectivity index is 2.30. The SMILES string of the molecule is Cc1cc(Br)cc(-c2ccc(CC(C)O)o2)c1. The van der Waals surface area contributed by atoms with Crippen molar-refractivity contribution in [2.24, 2.45) is 0 Å². The topological polar surface area (TPSA) is 33.4 Å². The Morgan fingerprint density at radius 1 is 1.29 bits per heavy atom. The van der Waals surface area contributed by atoms with E-state index >= 15 is 0 Å². The van der Waals surface area contributed by atoms with E-state index in [4.69, 9.17) is 4.42 Å². The van der Waals surface area contributed by atoms with Crippen LogP contribution in [0.2, 0.25) is 0 Å². The Hall–Kier alpha value is -1.06. The highest BCUT2D eigenvalue weighted by atomic mass is 79.9. The van der Waals surface area contributed by atoms with Gasteiger partial charge in [-0.3, -0.25) is 0 Å². The minimum atomic E-state index is -0.377. The van der Waals surface area contributed by atoms with Crippen LogP contribution >= 0.6 is 15.9 Å². The maximum atomic E-state index is 9.31. The summed E-state index contributed by atoms with van der Waals surface area (Å²) in [7, 11) is 0. The summed E-state index contributed by atoms with van der Waals surface area (Å²) >= 11 is 3.48. The van der Waals surface area contributed by atoms with Gasteiger partial charge >= 0.3 is 0 Å². The smallest absolute Gasteiger partial charge is 0.134 e. The van der Waals surface area contributed by atoms with Crippen LogP contribution in [0.15, 0.2) is 39.2 Å². The molecule has 2 rings (SSSR count). The number of hydrogen-bond acceptors (Lipinski definition) is 2. The predicted molar refractivity (Wildman–Crippen MR) is 72.0 cm³/mol. The van der Waals surface area contributed by atoms with E-state index < -0.39 is 0 Å². The first kappa shape index (κ1) is 12.4. The van der Waals surface area contributed by atoms with Crippen LogP contribution in [-0.2, 0) is 6.42 Å². The van der Waals surface area contributed by atoms with Gasteiger partial charge in [0.15, 0.2) is 0 Å². The molecule has 2 aromatic rings. The fraction of sp³-hybridized carbons (Fsp3) is 0.286. The second-order valence-electron chi connectivity index (χ2n) is 4.34. The van der Waals surface area contributed by atoms with Gasteiger partial charge in [-0.15, -0.1) is 0 Å². The van der Waals surface area contributed by atoms with Crippen molar-refractivity contribution < 1.29 is 9.52 Å². The van der Waals surface area contributed by atoms with Crippen LogP contribution in [0.4, 0.5) is 0 Å². The zero-order valence-electron chi connectivity index (χ0n) is 9.90. The molecule has 0 saturated heterocycles. The largest absolute Gasteiger partial charge is 0.461 e. The lowest BCUT2D eigenvalue weighted by Crippen LogP contribution is -2.02. The average Bonchev–Trinajstić information content (AvgIpc) is 2.63. The van der Waals surface area contributed by atoms with Gasteiger partial charge in [-0.05, 0) is 49.7 Å². The highest BCUT2D eigenvalue weighted by molar-refractivity contribution is 9.10. The van der Waals surface area contributed by atoms with Crippen LogP contribution < -0.4 is 0 Å². The van der Waals surface area contributed by atoms with Crippen LogP contribution in [0.1, 0.15) is 18.2 Å². The van der Waals surface area contributed by atoms with E-state index in [2.05, 4.69) is 28.1 Å². The fourth-order valence-corrected chi connectivity index (χ4v) is 2.42. The second kappa shape index (κ2) is 5.07. The maximum Gasteiger partial charge on any atom is 0.134 e. The molecule has 0 saturated carbocycles. The molecule has 2 nitrogen and oxygen atoms in total. The van der Waals surface area contributed by atoms with Gasteiger partial charge in [-0.1, -0.05) is 15.9 Å². The molecule has 3 heteroatoms. The van der Waals surface area contributed by atoms with Crippen molar-refractivity contribution >= 4 is 15.9 Å². The molecule has 0 spiro atoms. The lowest BCUT2D eigenvalue weighted by molar-refractivity contribution is 0.187. The fourth-order valence-electron chi connectivity index (χ4n) is 1.81. The molecular formula is C14H15BrO2. The van der Waals surface area contributed by atoms with E-state index in [1.165, 1.54) is 5.56 Å². The van der Waals surface area contributed by atoms with Crippen molar-refractivity contribution in [1.29, 1.82) is 0 Å². The van der Waals surface area contributed by atoms with Crippen LogP contribution in [0.5, 0.6) is 0 Å². The van der Waals surface area contributed by atoms with E-state index in [1.54, 1.807) is 6.92 Å². The molecule has 90 valence electrons. The molecule has 0 fully saturated rings. The van der Waals surface area contributed by atoms with Gasteiger partial charge in [0.2, 0.25) is 0 Å². The summed E-state index contributed by atoms with van der Waals surface area (Å²) in [6, 6.07) is 10.0. The Kier molecular flexibility index (Phi) is 3.69. The molecule has 1 aromatic heterocycles. The molecule has 1 N–H and O–H groups in total. The lowest BCUT2D eigenvalue weighted by atomic mass is 10.1.